The maximum Gasteiger partial charge on any atom is 0.294 e. The summed E-state index contributed by atoms with van der Waals surface area (Å²) in [5.74, 6) is 0. The van der Waals surface area contributed by atoms with E-state index in [0.29, 0.717) is 5.69 Å². The molecule has 2 rings (SSSR count). The number of nitrogens with two attached hydrogens (primary N) is 1. The zero-order valence-electron chi connectivity index (χ0n) is 12.2. The van der Waals surface area contributed by atoms with Crippen LogP contribution in [-0.2, 0) is 12.5 Å². The Balaban J connectivity index is 2.73. The Morgan fingerprint density at radius 1 is 1.11 bits per heavy atom. The summed E-state index contributed by atoms with van der Waals surface area (Å²) in [7, 11) is 1.87. The fraction of sp³-hybridized carbons (Fsp3) is 0.400. The van der Waals surface area contributed by atoms with Crippen LogP contribution in [0, 0.1) is 6.92 Å². The van der Waals surface area contributed by atoms with Crippen LogP contribution < -0.4 is 11.3 Å². The molecule has 0 radical (unpaired) electrons. The Hall–Kier alpha value is -1.97. The third-order valence-electron chi connectivity index (χ3n) is 3.29. The quantitative estimate of drug-likeness (QED) is 0.854. The molecule has 0 aliphatic heterocycles. The van der Waals surface area contributed by atoms with Crippen molar-refractivity contribution in [3.63, 3.8) is 0 Å². The van der Waals surface area contributed by atoms with Crippen molar-refractivity contribution < 1.29 is 0 Å². The molecule has 0 saturated heterocycles. The van der Waals surface area contributed by atoms with Gasteiger partial charge in [-0.25, -0.2) is 4.68 Å². The second-order valence-electron chi connectivity index (χ2n) is 5.99. The van der Waals surface area contributed by atoms with Crippen LogP contribution in [0.15, 0.2) is 29.1 Å². The summed E-state index contributed by atoms with van der Waals surface area (Å²) in [6, 6.07) is 7.84. The number of hydrogen-bond acceptors (Lipinski definition) is 2. The van der Waals surface area contributed by atoms with Gasteiger partial charge in [-0.2, -0.15) is 0 Å². The van der Waals surface area contributed by atoms with Gasteiger partial charge < -0.3 is 5.73 Å². The van der Waals surface area contributed by atoms with Gasteiger partial charge in [0.2, 0.25) is 0 Å². The molecule has 0 fully saturated rings. The maximum atomic E-state index is 12.4. The fourth-order valence-electron chi connectivity index (χ4n) is 2.49. The van der Waals surface area contributed by atoms with E-state index in [-0.39, 0.29) is 11.0 Å². The van der Waals surface area contributed by atoms with E-state index in [4.69, 9.17) is 5.73 Å². The monoisotopic (exact) mass is 259 g/mol. The van der Waals surface area contributed by atoms with Crippen LogP contribution in [-0.4, -0.2) is 9.36 Å². The van der Waals surface area contributed by atoms with Crippen molar-refractivity contribution in [1.29, 1.82) is 0 Å². The summed E-state index contributed by atoms with van der Waals surface area (Å²) in [6.45, 7) is 8.18. The molecule has 0 amide bonds. The Labute approximate surface area is 113 Å². The number of anilines is 1. The Bertz CT molecular complexity index is 654. The van der Waals surface area contributed by atoms with Crippen molar-refractivity contribution in [1.82, 2.24) is 9.36 Å². The van der Waals surface area contributed by atoms with Crippen molar-refractivity contribution in [3.8, 4) is 5.69 Å². The molecular formula is C15H21N3O. The second-order valence-corrected chi connectivity index (χ2v) is 5.99. The molecule has 0 saturated carbocycles. The Kier molecular flexibility index (Phi) is 3.04. The van der Waals surface area contributed by atoms with Crippen LogP contribution in [0.1, 0.15) is 32.0 Å². The van der Waals surface area contributed by atoms with E-state index >= 15 is 0 Å². The summed E-state index contributed by atoms with van der Waals surface area (Å²) < 4.78 is 3.47. The summed E-state index contributed by atoms with van der Waals surface area (Å²) >= 11 is 0. The van der Waals surface area contributed by atoms with Crippen LogP contribution in [0.3, 0.4) is 0 Å². The van der Waals surface area contributed by atoms with Gasteiger partial charge in [-0.15, -0.1) is 0 Å². The molecule has 0 aliphatic rings. The average molecular weight is 259 g/mol. The minimum absolute atomic E-state index is 0.156. The number of hydrogen-bond donors (Lipinski definition) is 1. The van der Waals surface area contributed by atoms with E-state index < -0.39 is 0 Å². The third-order valence-corrected chi connectivity index (χ3v) is 3.29. The minimum Gasteiger partial charge on any atom is -0.393 e. The minimum atomic E-state index is -0.173. The van der Waals surface area contributed by atoms with Gasteiger partial charge in [0.1, 0.15) is 5.69 Å². The zero-order chi connectivity index (χ0) is 14.4. The highest BCUT2D eigenvalue weighted by Gasteiger charge is 2.26. The number of benzene rings is 1. The molecule has 0 atom stereocenters. The van der Waals surface area contributed by atoms with Crippen LogP contribution in [0.2, 0.25) is 0 Å². The molecule has 2 N–H and O–H groups in total. The lowest BCUT2D eigenvalue weighted by atomic mass is 9.91. The van der Waals surface area contributed by atoms with E-state index in [1.54, 1.807) is 4.68 Å². The molecule has 4 nitrogen and oxygen atoms in total. The fourth-order valence-corrected chi connectivity index (χ4v) is 2.49. The summed E-state index contributed by atoms with van der Waals surface area (Å²) in [6.07, 6.45) is 0. The highest BCUT2D eigenvalue weighted by molar-refractivity contribution is 5.48. The lowest BCUT2D eigenvalue weighted by molar-refractivity contribution is 0.501. The van der Waals surface area contributed by atoms with Crippen molar-refractivity contribution in [2.45, 2.75) is 33.1 Å². The van der Waals surface area contributed by atoms with Gasteiger partial charge in [0, 0.05) is 12.5 Å². The molecule has 0 aliphatic carbocycles. The topological polar surface area (TPSA) is 52.9 Å². The lowest BCUT2D eigenvalue weighted by Gasteiger charge is -2.21. The predicted molar refractivity (Wildman–Crippen MR) is 78.9 cm³/mol. The number of nitrogens with zero attached hydrogens (tertiary/aromatic N) is 2. The Morgan fingerprint density at radius 3 is 2.05 bits per heavy atom. The molecule has 1 heterocycles. The number of aryl methyl sites for hydroxylation is 1. The van der Waals surface area contributed by atoms with Gasteiger partial charge in [-0.1, -0.05) is 38.5 Å². The average Bonchev–Trinajstić information content (AvgIpc) is 2.51. The van der Waals surface area contributed by atoms with Crippen molar-refractivity contribution in [2.24, 2.45) is 7.05 Å². The molecule has 2 aromatic rings. The maximum absolute atomic E-state index is 12.4. The van der Waals surface area contributed by atoms with E-state index in [1.165, 1.54) is 0 Å². The third kappa shape index (κ3) is 2.18. The smallest absolute Gasteiger partial charge is 0.294 e. The van der Waals surface area contributed by atoms with Crippen molar-refractivity contribution in [3.05, 3.63) is 45.9 Å². The standard InChI is InChI=1S/C15H21N3O/c1-10-6-8-11(9-7-10)18-14(19)12(16)13(17(18)5)15(2,3)4/h6-9H,16H2,1-5H3. The summed E-state index contributed by atoms with van der Waals surface area (Å²) in [5, 5.41) is 0. The normalized spacial score (nSPS) is 11.8. The van der Waals surface area contributed by atoms with Gasteiger partial charge >= 0.3 is 0 Å². The zero-order valence-corrected chi connectivity index (χ0v) is 12.2. The molecule has 0 bridgehead atoms. The predicted octanol–water partition coefficient (Wildman–Crippen LogP) is 2.36. The van der Waals surface area contributed by atoms with Gasteiger partial charge in [-0.3, -0.25) is 9.48 Å². The number of nitrogen functional groups attached to an aromatic ring is 1. The van der Waals surface area contributed by atoms with Gasteiger partial charge in [0.25, 0.3) is 5.56 Å². The van der Waals surface area contributed by atoms with E-state index in [1.807, 2.05) is 42.9 Å². The first-order chi connectivity index (χ1) is 8.73. The largest absolute Gasteiger partial charge is 0.393 e. The molecule has 0 unspecified atom stereocenters. The van der Waals surface area contributed by atoms with Crippen molar-refractivity contribution in [2.75, 3.05) is 5.73 Å². The first kappa shape index (κ1) is 13.5. The second kappa shape index (κ2) is 4.30. The van der Waals surface area contributed by atoms with E-state index in [0.717, 1.165) is 16.9 Å². The van der Waals surface area contributed by atoms with Gasteiger partial charge in [-0.05, 0) is 19.1 Å². The van der Waals surface area contributed by atoms with Crippen LogP contribution >= 0.6 is 0 Å². The van der Waals surface area contributed by atoms with Gasteiger partial charge in [0.05, 0.1) is 11.4 Å². The molecule has 102 valence electrons. The van der Waals surface area contributed by atoms with Gasteiger partial charge in [0.15, 0.2) is 0 Å². The van der Waals surface area contributed by atoms with E-state index in [9.17, 15) is 4.79 Å². The van der Waals surface area contributed by atoms with Crippen LogP contribution in [0.25, 0.3) is 5.69 Å². The summed E-state index contributed by atoms with van der Waals surface area (Å²) in [4.78, 5) is 12.4. The molecular weight excluding hydrogens is 238 g/mol. The highest BCUT2D eigenvalue weighted by Crippen LogP contribution is 2.26. The first-order valence-electron chi connectivity index (χ1n) is 6.38. The van der Waals surface area contributed by atoms with E-state index in [2.05, 4.69) is 20.8 Å². The SMILES string of the molecule is Cc1ccc(-n2c(=O)c(N)c(C(C)(C)C)n2C)cc1. The Morgan fingerprint density at radius 2 is 1.63 bits per heavy atom. The summed E-state index contributed by atoms with van der Waals surface area (Å²) in [5.41, 5.74) is 8.86. The van der Waals surface area contributed by atoms with Crippen LogP contribution in [0.4, 0.5) is 5.69 Å². The molecule has 19 heavy (non-hydrogen) atoms. The van der Waals surface area contributed by atoms with Crippen molar-refractivity contribution >= 4 is 5.69 Å². The molecule has 1 aromatic heterocycles. The van der Waals surface area contributed by atoms with Crippen LogP contribution in [0.5, 0.6) is 0 Å². The molecule has 1 aromatic carbocycles. The number of aromatic nitrogens is 2. The molecule has 4 heteroatoms. The molecule has 0 spiro atoms. The highest BCUT2D eigenvalue weighted by atomic mass is 16.1. The lowest BCUT2D eigenvalue weighted by Crippen LogP contribution is -2.22. The number of rotatable bonds is 1. The first-order valence-corrected chi connectivity index (χ1v) is 6.38.